The van der Waals surface area contributed by atoms with Crippen molar-refractivity contribution < 1.29 is 9.53 Å². The van der Waals surface area contributed by atoms with Gasteiger partial charge in [0.2, 0.25) is 0 Å². The van der Waals surface area contributed by atoms with Crippen LogP contribution in [-0.2, 0) is 4.74 Å². The van der Waals surface area contributed by atoms with Crippen molar-refractivity contribution in [2.24, 2.45) is 5.92 Å². The van der Waals surface area contributed by atoms with Crippen LogP contribution in [0.25, 0.3) is 5.65 Å². The Morgan fingerprint density at radius 3 is 3.30 bits per heavy atom. The molecule has 0 saturated carbocycles. The van der Waals surface area contributed by atoms with Crippen molar-refractivity contribution in [3.63, 3.8) is 0 Å². The zero-order valence-electron chi connectivity index (χ0n) is 11.5. The predicted octanol–water partition coefficient (Wildman–Crippen LogP) is 1.19. The second kappa shape index (κ2) is 5.58. The number of rotatable bonds is 4. The number of aromatic nitrogens is 3. The molecule has 1 amide bonds. The maximum absolute atomic E-state index is 12.2. The van der Waals surface area contributed by atoms with Crippen molar-refractivity contribution >= 4 is 11.6 Å². The van der Waals surface area contributed by atoms with Crippen molar-refractivity contribution in [3.8, 4) is 0 Å². The third-order valence-corrected chi connectivity index (χ3v) is 3.76. The lowest BCUT2D eigenvalue weighted by molar-refractivity contribution is 0.0949. The summed E-state index contributed by atoms with van der Waals surface area (Å²) in [5.74, 6) is 0.481. The van der Waals surface area contributed by atoms with Gasteiger partial charge >= 0.3 is 0 Å². The van der Waals surface area contributed by atoms with Crippen LogP contribution in [0.4, 0.5) is 0 Å². The van der Waals surface area contributed by atoms with Crippen molar-refractivity contribution in [3.05, 3.63) is 29.7 Å². The smallest absolute Gasteiger partial charge is 0.254 e. The fourth-order valence-corrected chi connectivity index (χ4v) is 2.51. The van der Waals surface area contributed by atoms with Gasteiger partial charge in [0.05, 0.1) is 17.5 Å². The Kier molecular flexibility index (Phi) is 3.64. The molecule has 1 aliphatic rings. The minimum atomic E-state index is -0.0914. The summed E-state index contributed by atoms with van der Waals surface area (Å²) in [5, 5.41) is 7.11. The van der Waals surface area contributed by atoms with Crippen LogP contribution in [0.15, 0.2) is 18.5 Å². The molecule has 1 atom stereocenters. The van der Waals surface area contributed by atoms with Gasteiger partial charge < -0.3 is 10.1 Å². The van der Waals surface area contributed by atoms with Gasteiger partial charge in [0.1, 0.15) is 0 Å². The molecule has 3 heterocycles. The van der Waals surface area contributed by atoms with Crippen molar-refractivity contribution in [2.75, 3.05) is 19.8 Å². The van der Waals surface area contributed by atoms with Gasteiger partial charge in [-0.3, -0.25) is 4.79 Å². The fraction of sp³-hybridized carbons (Fsp3) is 0.500. The van der Waals surface area contributed by atoms with Crippen LogP contribution in [0.1, 0.15) is 28.9 Å². The molecule has 0 aliphatic carbocycles. The molecule has 20 heavy (non-hydrogen) atoms. The lowest BCUT2D eigenvalue weighted by atomic mass is 10.1. The molecule has 0 bridgehead atoms. The van der Waals surface area contributed by atoms with Crippen LogP contribution in [-0.4, -0.2) is 40.3 Å². The van der Waals surface area contributed by atoms with E-state index < -0.39 is 0 Å². The number of hydrogen-bond acceptors (Lipinski definition) is 4. The number of ether oxygens (including phenoxy) is 1. The number of nitrogens with zero attached hydrogens (tertiary/aromatic N) is 3. The number of aryl methyl sites for hydroxylation is 1. The van der Waals surface area contributed by atoms with Crippen LogP contribution < -0.4 is 5.32 Å². The van der Waals surface area contributed by atoms with E-state index in [-0.39, 0.29) is 5.91 Å². The first-order valence-corrected chi connectivity index (χ1v) is 6.91. The molecule has 3 rings (SSSR count). The summed E-state index contributed by atoms with van der Waals surface area (Å²) >= 11 is 0. The standard InChI is InChI=1S/C14H18N4O2/c1-10-12(8-16-13-3-6-17-18(10)13)14(19)15-5-2-11-4-7-20-9-11/h3,6,8,11H,2,4-5,7,9H2,1H3,(H,15,19). The van der Waals surface area contributed by atoms with Crippen LogP contribution in [0.5, 0.6) is 0 Å². The molecule has 1 unspecified atom stereocenters. The molecule has 6 heteroatoms. The minimum absolute atomic E-state index is 0.0914. The molecule has 0 aromatic carbocycles. The molecule has 0 spiro atoms. The first kappa shape index (κ1) is 13.1. The molecule has 6 nitrogen and oxygen atoms in total. The topological polar surface area (TPSA) is 68.5 Å². The van der Waals surface area contributed by atoms with Crippen LogP contribution >= 0.6 is 0 Å². The lowest BCUT2D eigenvalue weighted by Crippen LogP contribution is -2.27. The van der Waals surface area contributed by atoms with Crippen molar-refractivity contribution in [1.29, 1.82) is 0 Å². The van der Waals surface area contributed by atoms with Gasteiger partial charge in [-0.25, -0.2) is 9.50 Å². The summed E-state index contributed by atoms with van der Waals surface area (Å²) in [4.78, 5) is 16.4. The number of carbonyl (C=O) groups is 1. The van der Waals surface area contributed by atoms with Gasteiger partial charge in [-0.15, -0.1) is 0 Å². The number of nitrogens with one attached hydrogen (secondary N) is 1. The van der Waals surface area contributed by atoms with Gasteiger partial charge in [0.15, 0.2) is 5.65 Å². The maximum Gasteiger partial charge on any atom is 0.254 e. The summed E-state index contributed by atoms with van der Waals surface area (Å²) in [5.41, 5.74) is 2.13. The Bertz CT molecular complexity index is 617. The highest BCUT2D eigenvalue weighted by Crippen LogP contribution is 2.15. The number of carbonyl (C=O) groups excluding carboxylic acids is 1. The van der Waals surface area contributed by atoms with Gasteiger partial charge in [-0.2, -0.15) is 5.10 Å². The Morgan fingerprint density at radius 2 is 2.50 bits per heavy atom. The fourth-order valence-electron chi connectivity index (χ4n) is 2.51. The maximum atomic E-state index is 12.2. The number of amides is 1. The van der Waals surface area contributed by atoms with E-state index in [0.717, 1.165) is 37.4 Å². The van der Waals surface area contributed by atoms with E-state index in [1.54, 1.807) is 16.9 Å². The van der Waals surface area contributed by atoms with Gasteiger partial charge in [-0.05, 0) is 25.7 Å². The highest BCUT2D eigenvalue weighted by molar-refractivity contribution is 5.95. The molecule has 0 radical (unpaired) electrons. The van der Waals surface area contributed by atoms with Crippen molar-refractivity contribution in [2.45, 2.75) is 19.8 Å². The van der Waals surface area contributed by atoms with E-state index in [9.17, 15) is 4.79 Å². The molecule has 1 N–H and O–H groups in total. The minimum Gasteiger partial charge on any atom is -0.381 e. The van der Waals surface area contributed by atoms with Crippen LogP contribution in [0.3, 0.4) is 0 Å². The van der Waals surface area contributed by atoms with Gasteiger partial charge in [-0.1, -0.05) is 0 Å². The highest BCUT2D eigenvalue weighted by atomic mass is 16.5. The lowest BCUT2D eigenvalue weighted by Gasteiger charge is -2.10. The Morgan fingerprint density at radius 1 is 1.60 bits per heavy atom. The average molecular weight is 274 g/mol. The Hall–Kier alpha value is -1.95. The van der Waals surface area contributed by atoms with Crippen LogP contribution in [0.2, 0.25) is 0 Å². The average Bonchev–Trinajstić information content (AvgIpc) is 3.09. The first-order valence-electron chi connectivity index (χ1n) is 6.91. The van der Waals surface area contributed by atoms with E-state index in [0.29, 0.717) is 18.0 Å². The Balaban J connectivity index is 1.64. The predicted molar refractivity (Wildman–Crippen MR) is 73.6 cm³/mol. The monoisotopic (exact) mass is 274 g/mol. The molecule has 1 aliphatic heterocycles. The van der Waals surface area contributed by atoms with Crippen molar-refractivity contribution in [1.82, 2.24) is 19.9 Å². The Labute approximate surface area is 117 Å². The van der Waals surface area contributed by atoms with E-state index in [4.69, 9.17) is 4.74 Å². The van der Waals surface area contributed by atoms with E-state index in [2.05, 4.69) is 15.4 Å². The molecule has 2 aromatic heterocycles. The second-order valence-corrected chi connectivity index (χ2v) is 5.13. The summed E-state index contributed by atoms with van der Waals surface area (Å²) in [6.07, 6.45) is 5.34. The zero-order chi connectivity index (χ0) is 13.9. The largest absolute Gasteiger partial charge is 0.381 e. The quantitative estimate of drug-likeness (QED) is 0.909. The summed E-state index contributed by atoms with van der Waals surface area (Å²) in [6.45, 7) is 4.21. The molecular weight excluding hydrogens is 256 g/mol. The van der Waals surface area contributed by atoms with Gasteiger partial charge in [0.25, 0.3) is 5.91 Å². The van der Waals surface area contributed by atoms with Crippen LogP contribution in [0, 0.1) is 12.8 Å². The SMILES string of the molecule is Cc1c(C(=O)NCCC2CCOC2)cnc2ccnn12. The molecule has 1 saturated heterocycles. The molecule has 1 fully saturated rings. The van der Waals surface area contributed by atoms with Gasteiger partial charge in [0, 0.05) is 32.0 Å². The summed E-state index contributed by atoms with van der Waals surface area (Å²) in [6, 6.07) is 1.81. The van der Waals surface area contributed by atoms with E-state index >= 15 is 0 Å². The zero-order valence-corrected chi connectivity index (χ0v) is 11.5. The molecule has 2 aromatic rings. The normalized spacial score (nSPS) is 18.6. The summed E-state index contributed by atoms with van der Waals surface area (Å²) < 4.78 is 7.00. The highest BCUT2D eigenvalue weighted by Gasteiger charge is 2.17. The second-order valence-electron chi connectivity index (χ2n) is 5.13. The first-order chi connectivity index (χ1) is 9.75. The molecule has 106 valence electrons. The number of hydrogen-bond donors (Lipinski definition) is 1. The molecular formula is C14H18N4O2. The number of fused-ring (bicyclic) bond motifs is 1. The van der Waals surface area contributed by atoms with E-state index in [1.807, 2.05) is 13.0 Å². The summed E-state index contributed by atoms with van der Waals surface area (Å²) in [7, 11) is 0. The van der Waals surface area contributed by atoms with E-state index in [1.165, 1.54) is 0 Å². The third-order valence-electron chi connectivity index (χ3n) is 3.76. The third kappa shape index (κ3) is 2.51.